The van der Waals surface area contributed by atoms with Crippen molar-refractivity contribution in [3.05, 3.63) is 53.0 Å². The fourth-order valence-corrected chi connectivity index (χ4v) is 8.97. The number of nitrogens with zero attached hydrogens (tertiary/aromatic N) is 8. The van der Waals surface area contributed by atoms with Crippen LogP contribution in [-0.2, 0) is 74.6 Å². The highest BCUT2D eigenvalue weighted by Crippen LogP contribution is 2.44. The van der Waals surface area contributed by atoms with E-state index in [-0.39, 0.29) is 82.4 Å². The highest BCUT2D eigenvalue weighted by atomic mass is 35.5. The molecule has 1 amide bonds. The van der Waals surface area contributed by atoms with Crippen LogP contribution >= 0.6 is 28.4 Å². The summed E-state index contributed by atoms with van der Waals surface area (Å²) in [7, 11) is -4.23. The normalized spacial score (nSPS) is 17.3. The van der Waals surface area contributed by atoms with Crippen LogP contribution in [0.2, 0.25) is 5.28 Å². The topological polar surface area (TPSA) is 295 Å². The first-order valence-electron chi connectivity index (χ1n) is 24.2. The van der Waals surface area contributed by atoms with Gasteiger partial charge < -0.3 is 81.5 Å². The Labute approximate surface area is 442 Å². The number of fused-ring (bicyclic) bond motifs is 1. The number of hydrogen-bond acceptors (Lipinski definition) is 23. The molecule has 76 heavy (non-hydrogen) atoms. The van der Waals surface area contributed by atoms with E-state index in [2.05, 4.69) is 35.4 Å². The van der Waals surface area contributed by atoms with Crippen LogP contribution in [0.4, 0.5) is 19.0 Å². The molecule has 2 aliphatic heterocycles. The molecule has 6 rings (SSSR count). The van der Waals surface area contributed by atoms with Crippen molar-refractivity contribution in [1.82, 2.24) is 40.1 Å². The Kier molecular flexibility index (Phi) is 27.5. The van der Waals surface area contributed by atoms with Gasteiger partial charge in [-0.15, -0.1) is 5.10 Å². The van der Waals surface area contributed by atoms with Crippen molar-refractivity contribution < 1.29 is 94.1 Å². The maximum absolute atomic E-state index is 13.6. The zero-order valence-electron chi connectivity index (χ0n) is 41.5. The predicted octanol–water partition coefficient (Wildman–Crippen LogP) is 2.39. The highest BCUT2D eigenvalue weighted by molar-refractivity contribution is 7.63. The van der Waals surface area contributed by atoms with Crippen molar-refractivity contribution in [3.8, 4) is 5.75 Å². The summed E-state index contributed by atoms with van der Waals surface area (Å²) in [4.78, 5) is 64.0. The second-order valence-electron chi connectivity index (χ2n) is 16.4. The Morgan fingerprint density at radius 2 is 1.45 bits per heavy atom. The summed E-state index contributed by atoms with van der Waals surface area (Å²) in [6.45, 7) is 6.46. The minimum atomic E-state index is -2.26. The smallest absolute Gasteiger partial charge is 0.313 e. The third kappa shape index (κ3) is 21.3. The van der Waals surface area contributed by atoms with Crippen molar-refractivity contribution >= 4 is 57.1 Å². The Morgan fingerprint density at radius 3 is 2.12 bits per heavy atom. The largest absolute Gasteiger partial charge is 0.420 e. The van der Waals surface area contributed by atoms with Crippen LogP contribution in [0.15, 0.2) is 24.5 Å². The molecule has 424 valence electrons. The van der Waals surface area contributed by atoms with Crippen LogP contribution in [-0.4, -0.2) is 211 Å². The summed E-state index contributed by atoms with van der Waals surface area (Å²) < 4.78 is 109. The Balaban J connectivity index is 0.710. The van der Waals surface area contributed by atoms with Gasteiger partial charge in [0.25, 0.3) is 0 Å². The predicted molar refractivity (Wildman–Crippen MR) is 262 cm³/mol. The van der Waals surface area contributed by atoms with Crippen molar-refractivity contribution in [2.45, 2.75) is 50.8 Å². The van der Waals surface area contributed by atoms with Gasteiger partial charge in [0.1, 0.15) is 23.4 Å². The van der Waals surface area contributed by atoms with Gasteiger partial charge in [0.05, 0.1) is 168 Å². The van der Waals surface area contributed by atoms with Crippen molar-refractivity contribution in [2.75, 3.05) is 143 Å². The van der Waals surface area contributed by atoms with Gasteiger partial charge in [0.15, 0.2) is 40.3 Å². The van der Waals surface area contributed by atoms with E-state index in [1.54, 1.807) is 21.8 Å². The molecular weight excluding hydrogens is 1080 g/mol. The lowest BCUT2D eigenvalue weighted by Crippen LogP contribution is -2.54. The molecular formula is C44H63ClF3N9O17P2. The number of carbonyl (C=O) groups is 2. The number of hydrogen-bond donors (Lipinski definition) is 4. The number of halogens is 4. The molecule has 2 saturated heterocycles. The molecule has 4 N–H and O–H groups in total. The standard InChI is InChI=1S/C44H63ClF3N9O17P2/c45-44-51-41(34-25-50-57(42(34)52-44)38-2-1-33(73-38)28-72-76(62)30-75(60)61)56-6-10-70-29-37(56)43(59)49-4-8-64-12-15-67-19-20-69-21-22-71-27-32-26-55(54-53-32)5-9-65-13-16-68-18-17-66-14-11-63-7-3-39(58)74-40-35(47)23-31(46)24-36(40)48/h23-26,33,37-38,60-62H,1-22,27-30H2,(H,49,59). The number of rotatable bonds is 38. The molecule has 3 aromatic heterocycles. The van der Waals surface area contributed by atoms with E-state index in [9.17, 15) is 27.7 Å². The first-order chi connectivity index (χ1) is 36.9. The number of morpholine rings is 1. The molecule has 32 heteroatoms. The van der Waals surface area contributed by atoms with Crippen LogP contribution in [0.5, 0.6) is 5.75 Å². The second-order valence-corrected chi connectivity index (χ2v) is 19.6. The molecule has 4 unspecified atom stereocenters. The SMILES string of the molecule is O=C(CCOCCOCCOCCOCCn1cc(COCCOCCOCCOCCNC(=O)C2COCCN2c2nc(Cl)nc3c2cnn3C2CCC(COP(O)CP(O)O)O2)nn1)Oc1c(F)cc(F)cc1F. The molecule has 0 saturated carbocycles. The van der Waals surface area contributed by atoms with Gasteiger partial charge in [0.2, 0.25) is 16.9 Å². The average Bonchev–Trinajstić information content (AvgIpc) is 4.18. The second kappa shape index (κ2) is 34.1. The third-order valence-electron chi connectivity index (χ3n) is 10.8. The summed E-state index contributed by atoms with van der Waals surface area (Å²) in [6, 6.07) is 0.126. The van der Waals surface area contributed by atoms with E-state index in [0.29, 0.717) is 140 Å². The molecule has 0 radical (unpaired) electrons. The number of benzene rings is 1. The van der Waals surface area contributed by atoms with Gasteiger partial charge in [-0.25, -0.2) is 22.5 Å². The lowest BCUT2D eigenvalue weighted by Gasteiger charge is -2.35. The molecule has 2 aliphatic rings. The third-order valence-corrected chi connectivity index (χ3v) is 13.4. The van der Waals surface area contributed by atoms with Crippen LogP contribution in [0, 0.1) is 17.5 Å². The molecule has 2 fully saturated rings. The molecule has 0 bridgehead atoms. The van der Waals surface area contributed by atoms with Gasteiger partial charge in [-0.1, -0.05) is 5.21 Å². The monoisotopic (exact) mass is 1140 g/mol. The van der Waals surface area contributed by atoms with Crippen LogP contribution in [0.3, 0.4) is 0 Å². The molecule has 0 spiro atoms. The quantitative estimate of drug-likeness (QED) is 0.0165. The van der Waals surface area contributed by atoms with Gasteiger partial charge in [-0.2, -0.15) is 15.1 Å². The summed E-state index contributed by atoms with van der Waals surface area (Å²) in [6.07, 6.45) is 3.47. The maximum Gasteiger partial charge on any atom is 0.313 e. The summed E-state index contributed by atoms with van der Waals surface area (Å²) >= 11 is 6.42. The van der Waals surface area contributed by atoms with E-state index in [0.717, 1.165) is 0 Å². The fourth-order valence-electron chi connectivity index (χ4n) is 7.28. The molecule has 4 aromatic rings. The van der Waals surface area contributed by atoms with Gasteiger partial charge in [-0.3, -0.25) is 9.59 Å². The lowest BCUT2D eigenvalue weighted by molar-refractivity contribution is -0.136. The molecule has 5 heterocycles. The van der Waals surface area contributed by atoms with E-state index in [4.69, 9.17) is 73.3 Å². The number of esters is 1. The molecule has 4 atom stereocenters. The fraction of sp³-hybridized carbons (Fsp3) is 0.659. The molecule has 1 aromatic carbocycles. The first-order valence-corrected chi connectivity index (χ1v) is 27.4. The van der Waals surface area contributed by atoms with Gasteiger partial charge in [-0.05, 0) is 24.4 Å². The van der Waals surface area contributed by atoms with Crippen LogP contribution < -0.4 is 15.0 Å². The minimum absolute atomic E-state index is 0.0315. The van der Waals surface area contributed by atoms with Gasteiger partial charge >= 0.3 is 5.97 Å². The van der Waals surface area contributed by atoms with Crippen molar-refractivity contribution in [2.24, 2.45) is 0 Å². The Bertz CT molecular complexity index is 2330. The minimum Gasteiger partial charge on any atom is -0.420 e. The lowest BCUT2D eigenvalue weighted by atomic mass is 10.2. The Hall–Kier alpha value is -3.97. The van der Waals surface area contributed by atoms with Gasteiger partial charge in [0, 0.05) is 25.2 Å². The maximum atomic E-state index is 13.6. The van der Waals surface area contributed by atoms with Crippen molar-refractivity contribution in [3.63, 3.8) is 0 Å². The number of aromatic nitrogens is 7. The number of nitrogens with one attached hydrogen (secondary N) is 1. The first kappa shape index (κ1) is 61.2. The van der Waals surface area contributed by atoms with Crippen molar-refractivity contribution in [1.29, 1.82) is 0 Å². The summed E-state index contributed by atoms with van der Waals surface area (Å²) in [5.74, 6) is -5.69. The zero-order valence-corrected chi connectivity index (χ0v) is 44.0. The summed E-state index contributed by atoms with van der Waals surface area (Å²) in [5, 5.41) is 16.2. The zero-order chi connectivity index (χ0) is 53.9. The van der Waals surface area contributed by atoms with E-state index in [1.807, 2.05) is 4.90 Å². The number of anilines is 1. The number of amides is 1. The number of ether oxygens (including phenoxy) is 11. The van der Waals surface area contributed by atoms with Crippen LogP contribution in [0.25, 0.3) is 11.0 Å². The molecule has 0 aliphatic carbocycles. The summed E-state index contributed by atoms with van der Waals surface area (Å²) in [5.41, 5.74) is 1.09. The van der Waals surface area contributed by atoms with E-state index in [1.165, 1.54) is 0 Å². The van der Waals surface area contributed by atoms with Crippen LogP contribution in [0.1, 0.15) is 31.2 Å². The number of carbonyl (C=O) groups excluding carboxylic acids is 2. The van der Waals surface area contributed by atoms with E-state index >= 15 is 0 Å². The Morgan fingerprint density at radius 1 is 0.816 bits per heavy atom. The average molecular weight is 1140 g/mol. The molecule has 26 nitrogen and oxygen atoms in total. The highest BCUT2D eigenvalue weighted by Gasteiger charge is 2.35. The van der Waals surface area contributed by atoms with E-state index < -0.39 is 58.2 Å².